The molecule has 0 spiro atoms. The molecule has 1 rings (SSSR count). The molecule has 60 heavy (non-hydrogen) atoms. The number of carboxylic acid groups (broad SMARTS) is 1. The Hall–Kier alpha value is -3.47. The van der Waals surface area contributed by atoms with Crippen LogP contribution in [0.5, 0.6) is 0 Å². The van der Waals surface area contributed by atoms with Gasteiger partial charge in [0.2, 0.25) is 23.6 Å². The van der Waals surface area contributed by atoms with Gasteiger partial charge in [-0.3, -0.25) is 33.2 Å². The summed E-state index contributed by atoms with van der Waals surface area (Å²) in [5.74, 6) is -4.96. The Morgan fingerprint density at radius 1 is 0.900 bits per heavy atom. The fourth-order valence-electron chi connectivity index (χ4n) is 6.63. The number of aliphatic hydroxyl groups excluding tert-OH is 2. The number of nitrogens with two attached hydrogens (primary N) is 4. The van der Waals surface area contributed by atoms with Gasteiger partial charge in [0.15, 0.2) is 12.2 Å². The van der Waals surface area contributed by atoms with Crippen LogP contribution >= 0.6 is 7.82 Å². The summed E-state index contributed by atoms with van der Waals surface area (Å²) in [6.07, 6.45) is 6.93. The number of carbonyl (C=O) groups is 5. The number of guanidine groups is 1. The lowest BCUT2D eigenvalue weighted by atomic mass is 9.94. The van der Waals surface area contributed by atoms with Gasteiger partial charge >= 0.3 is 13.8 Å². The van der Waals surface area contributed by atoms with Crippen LogP contribution in [0.2, 0.25) is 0 Å². The molecular formula is C37H71N8O14P. The van der Waals surface area contributed by atoms with Crippen LogP contribution in [-0.2, 0) is 47.1 Å². The third-order valence-electron chi connectivity index (χ3n) is 9.78. The SMILES string of the molecule is CCCCCCCCCCCCCCOP(=O)(O)OCCNC(=O)CC[C@@H](NC(=O)[C@H](CCCN=C(N)N)N(C(C)=O)C1O[C@H](CO)[C@@H](O)[C@H](OCC(=O)O)[C@H]1N)C(N)=O. The number of carbonyl (C=O) groups excluding carboxylic acids is 4. The van der Waals surface area contributed by atoms with Crippen molar-refractivity contribution in [2.24, 2.45) is 27.9 Å². The maximum absolute atomic E-state index is 13.9. The summed E-state index contributed by atoms with van der Waals surface area (Å²) in [5.41, 5.74) is 22.7. The summed E-state index contributed by atoms with van der Waals surface area (Å²) in [5, 5.41) is 34.6. The second-order valence-electron chi connectivity index (χ2n) is 14.8. The number of ether oxygens (including phenoxy) is 2. The monoisotopic (exact) mass is 882 g/mol. The van der Waals surface area contributed by atoms with Gasteiger partial charge in [0.25, 0.3) is 0 Å². The van der Waals surface area contributed by atoms with Crippen LogP contribution in [0, 0.1) is 0 Å². The van der Waals surface area contributed by atoms with Crippen molar-refractivity contribution in [2.45, 2.75) is 159 Å². The van der Waals surface area contributed by atoms with Gasteiger partial charge in [0.05, 0.1) is 25.9 Å². The molecule has 1 aliphatic rings. The molecule has 23 heteroatoms. The van der Waals surface area contributed by atoms with Crippen molar-refractivity contribution < 1.29 is 67.3 Å². The van der Waals surface area contributed by atoms with Crippen LogP contribution in [-0.4, -0.2) is 143 Å². The first-order valence-corrected chi connectivity index (χ1v) is 22.3. The molecular weight excluding hydrogens is 811 g/mol. The van der Waals surface area contributed by atoms with Crippen LogP contribution in [0.3, 0.4) is 0 Å². The van der Waals surface area contributed by atoms with E-state index in [4.69, 9.17) is 46.6 Å². The van der Waals surface area contributed by atoms with E-state index in [1.807, 2.05) is 0 Å². The standard InChI is InChI=1S/C37H71N8O14P/c1-3-4-5-6-7-8-9-10-11-12-13-14-21-57-60(54,55)58-22-20-42-29(48)18-17-26(34(39)52)44-35(53)27(16-15-19-43-37(40)41)45(25(2)47)36-31(38)33(56-24-30(49)50)32(51)28(23-46)59-36/h26-28,31-33,36,46,51H,3-24,38H2,1-2H3,(H2,39,52)(H,42,48)(H,44,53)(H,49,50)(H,54,55)(H4,40,41,43)/t26-,27+,28-,31-,32-,33-,36?/m1/s1. The Morgan fingerprint density at radius 3 is 2.02 bits per heavy atom. The highest BCUT2D eigenvalue weighted by atomic mass is 31.2. The number of nitrogens with one attached hydrogen (secondary N) is 2. The molecule has 2 unspecified atom stereocenters. The van der Waals surface area contributed by atoms with E-state index in [1.54, 1.807) is 0 Å². The van der Waals surface area contributed by atoms with E-state index in [0.717, 1.165) is 31.1 Å². The van der Waals surface area contributed by atoms with Gasteiger partial charge in [-0.05, 0) is 25.7 Å². The number of phosphoric acid groups is 1. The number of aliphatic hydroxyl groups is 2. The second kappa shape index (κ2) is 30.5. The highest BCUT2D eigenvalue weighted by Gasteiger charge is 2.49. The van der Waals surface area contributed by atoms with Crippen molar-refractivity contribution in [1.29, 1.82) is 0 Å². The molecule has 0 aromatic carbocycles. The molecule has 0 saturated carbocycles. The Labute approximate surface area is 352 Å². The van der Waals surface area contributed by atoms with Crippen molar-refractivity contribution in [3.63, 3.8) is 0 Å². The zero-order chi connectivity index (χ0) is 45.1. The number of amides is 4. The topological polar surface area (TPSA) is 364 Å². The molecule has 14 N–H and O–H groups in total. The fraction of sp³-hybridized carbons (Fsp3) is 0.838. The van der Waals surface area contributed by atoms with Crippen molar-refractivity contribution in [3.05, 3.63) is 0 Å². The van der Waals surface area contributed by atoms with E-state index in [1.165, 1.54) is 51.4 Å². The van der Waals surface area contributed by atoms with E-state index in [-0.39, 0.29) is 57.9 Å². The number of hydrogen-bond donors (Lipinski definition) is 10. The number of aliphatic carboxylic acids is 1. The van der Waals surface area contributed by atoms with Crippen LogP contribution in [0.25, 0.3) is 0 Å². The summed E-state index contributed by atoms with van der Waals surface area (Å²) < 4.78 is 33.3. The van der Waals surface area contributed by atoms with E-state index in [0.29, 0.717) is 6.42 Å². The number of hydrogen-bond acceptors (Lipinski definition) is 14. The minimum absolute atomic E-state index is 0.0121. The molecule has 0 aromatic rings. The highest BCUT2D eigenvalue weighted by molar-refractivity contribution is 7.47. The molecule has 4 amide bonds. The van der Waals surface area contributed by atoms with Crippen LogP contribution in [0.15, 0.2) is 4.99 Å². The van der Waals surface area contributed by atoms with Gasteiger partial charge in [-0.25, -0.2) is 9.36 Å². The zero-order valence-electron chi connectivity index (χ0n) is 35.1. The maximum Gasteiger partial charge on any atom is 0.472 e. The number of nitrogens with zero attached hydrogens (tertiary/aromatic N) is 2. The highest BCUT2D eigenvalue weighted by Crippen LogP contribution is 2.43. The molecule has 8 atom stereocenters. The van der Waals surface area contributed by atoms with Gasteiger partial charge in [-0.1, -0.05) is 77.6 Å². The minimum atomic E-state index is -4.35. The van der Waals surface area contributed by atoms with E-state index in [2.05, 4.69) is 22.5 Å². The normalized spacial score (nSPS) is 20.9. The summed E-state index contributed by atoms with van der Waals surface area (Å²) in [4.78, 5) is 78.1. The van der Waals surface area contributed by atoms with E-state index < -0.39 is 93.3 Å². The first-order chi connectivity index (χ1) is 28.4. The van der Waals surface area contributed by atoms with Gasteiger partial charge in [-0.15, -0.1) is 0 Å². The lowest BCUT2D eigenvalue weighted by molar-refractivity contribution is -0.240. The maximum atomic E-state index is 13.9. The Kier molecular flexibility index (Phi) is 27.8. The number of primary amides is 1. The first kappa shape index (κ1) is 54.5. The fourth-order valence-corrected chi connectivity index (χ4v) is 7.38. The van der Waals surface area contributed by atoms with Gasteiger partial charge < -0.3 is 68.2 Å². The van der Waals surface area contributed by atoms with Crippen molar-refractivity contribution in [3.8, 4) is 0 Å². The average Bonchev–Trinajstić information content (AvgIpc) is 3.18. The lowest BCUT2D eigenvalue weighted by Gasteiger charge is -2.48. The Morgan fingerprint density at radius 2 is 1.48 bits per heavy atom. The first-order valence-electron chi connectivity index (χ1n) is 20.8. The zero-order valence-corrected chi connectivity index (χ0v) is 36.0. The molecule has 0 aromatic heterocycles. The molecule has 1 heterocycles. The van der Waals surface area contributed by atoms with Gasteiger partial charge in [0, 0.05) is 26.4 Å². The van der Waals surface area contributed by atoms with Gasteiger partial charge in [-0.2, -0.15) is 0 Å². The minimum Gasteiger partial charge on any atom is -0.480 e. The predicted octanol–water partition coefficient (Wildman–Crippen LogP) is -0.166. The number of carboxylic acids is 1. The lowest BCUT2D eigenvalue weighted by Crippen LogP contribution is -2.70. The third kappa shape index (κ3) is 22.4. The molecule has 1 saturated heterocycles. The van der Waals surface area contributed by atoms with Gasteiger partial charge in [0.1, 0.15) is 37.0 Å². The Bertz CT molecular complexity index is 1380. The number of aliphatic imine (C=N–C) groups is 1. The number of rotatable bonds is 34. The third-order valence-corrected chi connectivity index (χ3v) is 10.8. The van der Waals surface area contributed by atoms with Crippen LogP contribution in [0.1, 0.15) is 117 Å². The second-order valence-corrected chi connectivity index (χ2v) is 16.2. The Balaban J connectivity index is 2.76. The average molecular weight is 883 g/mol. The smallest absolute Gasteiger partial charge is 0.472 e. The summed E-state index contributed by atoms with van der Waals surface area (Å²) in [7, 11) is -4.35. The predicted molar refractivity (Wildman–Crippen MR) is 219 cm³/mol. The summed E-state index contributed by atoms with van der Waals surface area (Å²) in [6.45, 7) is 1.14. The van der Waals surface area contributed by atoms with E-state index >= 15 is 0 Å². The van der Waals surface area contributed by atoms with Crippen molar-refractivity contribution >= 4 is 43.4 Å². The van der Waals surface area contributed by atoms with Crippen molar-refractivity contribution in [2.75, 3.05) is 39.5 Å². The molecule has 1 fully saturated rings. The quantitative estimate of drug-likeness (QED) is 0.0174. The number of phosphoric ester groups is 1. The van der Waals surface area contributed by atoms with Crippen LogP contribution < -0.4 is 33.6 Å². The number of unbranched alkanes of at least 4 members (excludes halogenated alkanes) is 11. The largest absolute Gasteiger partial charge is 0.480 e. The van der Waals surface area contributed by atoms with Crippen molar-refractivity contribution in [1.82, 2.24) is 15.5 Å². The van der Waals surface area contributed by atoms with Crippen LogP contribution in [0.4, 0.5) is 0 Å². The molecule has 348 valence electrons. The molecule has 0 aliphatic carbocycles. The molecule has 0 radical (unpaired) electrons. The van der Waals surface area contributed by atoms with E-state index in [9.17, 15) is 43.6 Å². The molecule has 22 nitrogen and oxygen atoms in total. The summed E-state index contributed by atoms with van der Waals surface area (Å²) in [6, 6.07) is -4.34. The molecule has 0 bridgehead atoms. The summed E-state index contributed by atoms with van der Waals surface area (Å²) >= 11 is 0. The molecule has 1 aliphatic heterocycles.